The second kappa shape index (κ2) is 11.8. The summed E-state index contributed by atoms with van der Waals surface area (Å²) in [6, 6.07) is 15.6. The van der Waals surface area contributed by atoms with Gasteiger partial charge in [-0.05, 0) is 56.2 Å². The van der Waals surface area contributed by atoms with Crippen molar-refractivity contribution < 1.29 is 28.5 Å². The van der Waals surface area contributed by atoms with Crippen molar-refractivity contribution in [3.8, 4) is 16.7 Å². The molecule has 10 heteroatoms. The van der Waals surface area contributed by atoms with Gasteiger partial charge in [-0.1, -0.05) is 23.5 Å². The van der Waals surface area contributed by atoms with Crippen LogP contribution in [0.15, 0.2) is 48.5 Å². The third-order valence-electron chi connectivity index (χ3n) is 6.63. The number of amides is 1. The van der Waals surface area contributed by atoms with Crippen LogP contribution in [0.2, 0.25) is 0 Å². The molecule has 2 aromatic carbocycles. The molecule has 2 fully saturated rings. The third kappa shape index (κ3) is 6.31. The second-order valence-corrected chi connectivity index (χ2v) is 10.0. The minimum absolute atomic E-state index is 0.0478. The van der Waals surface area contributed by atoms with E-state index in [1.807, 2.05) is 48.5 Å². The molecule has 5 rings (SSSR count). The topological polar surface area (TPSA) is 90.4 Å². The van der Waals surface area contributed by atoms with E-state index in [1.54, 1.807) is 11.8 Å². The first-order valence-corrected chi connectivity index (χ1v) is 13.5. The Labute approximate surface area is 219 Å². The summed E-state index contributed by atoms with van der Waals surface area (Å²) in [7, 11) is 0. The number of likely N-dealkylation sites (tertiary alicyclic amines) is 2. The Morgan fingerprint density at radius 1 is 1.05 bits per heavy atom. The van der Waals surface area contributed by atoms with E-state index in [9.17, 15) is 9.59 Å². The molecule has 1 amide bonds. The van der Waals surface area contributed by atoms with Gasteiger partial charge < -0.3 is 23.8 Å². The van der Waals surface area contributed by atoms with Gasteiger partial charge in [-0.2, -0.15) is 0 Å². The molecule has 9 nitrogen and oxygen atoms in total. The molecule has 0 aliphatic carbocycles. The van der Waals surface area contributed by atoms with Gasteiger partial charge in [-0.3, -0.25) is 9.69 Å². The molecule has 37 heavy (non-hydrogen) atoms. The fourth-order valence-corrected chi connectivity index (χ4v) is 5.64. The number of benzene rings is 2. The van der Waals surface area contributed by atoms with Crippen LogP contribution in [0.3, 0.4) is 0 Å². The predicted molar refractivity (Wildman–Crippen MR) is 139 cm³/mol. The molecule has 1 unspecified atom stereocenters. The number of hydrogen-bond donors (Lipinski definition) is 0. The summed E-state index contributed by atoms with van der Waals surface area (Å²) >= 11 is 1.52. The number of nitrogens with zero attached hydrogens (tertiary/aromatic N) is 3. The highest BCUT2D eigenvalue weighted by molar-refractivity contribution is 7.20. The Morgan fingerprint density at radius 3 is 2.57 bits per heavy atom. The van der Waals surface area contributed by atoms with Crippen molar-refractivity contribution in [2.75, 3.05) is 32.8 Å². The fraction of sp³-hybridized carbons (Fsp3) is 0.444. The Hall–Kier alpha value is -3.37. The Kier molecular flexibility index (Phi) is 8.05. The zero-order valence-electron chi connectivity index (χ0n) is 20.8. The lowest BCUT2D eigenvalue weighted by Gasteiger charge is -2.38. The van der Waals surface area contributed by atoms with E-state index < -0.39 is 12.4 Å². The molecule has 0 saturated carbocycles. The highest BCUT2D eigenvalue weighted by Crippen LogP contribution is 2.32. The quantitative estimate of drug-likeness (QED) is 0.359. The van der Waals surface area contributed by atoms with E-state index in [0.29, 0.717) is 24.6 Å². The minimum Gasteiger partial charge on any atom is -0.492 e. The molecule has 0 bridgehead atoms. The Bertz CT molecular complexity index is 1180. The standard InChI is InChI=1S/C27H31N3O6S/c1-2-33-27(32)36-25-12-11-24(31)30(25)19-13-15-29(16-14-19)17-18-34-20-7-9-21(10-8-20)35-26-28-22-5-3-4-6-23(22)37-26/h3-10,19,25H,2,11-18H2,1H3. The molecule has 3 heterocycles. The zero-order chi connectivity index (χ0) is 25.6. The normalized spacial score (nSPS) is 18.8. The lowest BCUT2D eigenvalue weighted by Crippen LogP contribution is -2.50. The van der Waals surface area contributed by atoms with Crippen LogP contribution in [0.5, 0.6) is 16.7 Å². The average molecular weight is 526 g/mol. The molecular weight excluding hydrogens is 494 g/mol. The number of aromatic nitrogens is 1. The second-order valence-electron chi connectivity index (χ2n) is 9.04. The number of fused-ring (bicyclic) bond motifs is 1. The summed E-state index contributed by atoms with van der Waals surface area (Å²) < 4.78 is 23.2. The predicted octanol–water partition coefficient (Wildman–Crippen LogP) is 5.05. The molecular formula is C27H31N3O6S. The van der Waals surface area contributed by atoms with E-state index in [4.69, 9.17) is 18.9 Å². The summed E-state index contributed by atoms with van der Waals surface area (Å²) in [6.07, 6.45) is 1.38. The number of thiazole rings is 1. The van der Waals surface area contributed by atoms with Gasteiger partial charge in [-0.15, -0.1) is 0 Å². The third-order valence-corrected chi connectivity index (χ3v) is 7.54. The summed E-state index contributed by atoms with van der Waals surface area (Å²) in [4.78, 5) is 32.8. The molecule has 2 saturated heterocycles. The summed E-state index contributed by atoms with van der Waals surface area (Å²) in [5, 5.41) is 0.618. The molecule has 2 aliphatic rings. The minimum atomic E-state index is -0.710. The number of rotatable bonds is 9. The summed E-state index contributed by atoms with van der Waals surface area (Å²) in [6.45, 7) is 5.07. The molecule has 0 radical (unpaired) electrons. The van der Waals surface area contributed by atoms with E-state index in [0.717, 1.165) is 54.2 Å². The number of hydrogen-bond acceptors (Lipinski definition) is 9. The van der Waals surface area contributed by atoms with Gasteiger partial charge >= 0.3 is 6.16 Å². The number of para-hydroxylation sites is 1. The number of carbonyl (C=O) groups excluding carboxylic acids is 2. The van der Waals surface area contributed by atoms with Gasteiger partial charge in [0, 0.05) is 38.5 Å². The average Bonchev–Trinajstić information content (AvgIpc) is 3.48. The maximum Gasteiger partial charge on any atom is 0.510 e. The van der Waals surface area contributed by atoms with E-state index in [-0.39, 0.29) is 18.6 Å². The maximum absolute atomic E-state index is 12.4. The van der Waals surface area contributed by atoms with Crippen LogP contribution in [0, 0.1) is 0 Å². The lowest BCUT2D eigenvalue weighted by molar-refractivity contribution is -0.139. The lowest BCUT2D eigenvalue weighted by atomic mass is 10.0. The van der Waals surface area contributed by atoms with Crippen molar-refractivity contribution in [3.05, 3.63) is 48.5 Å². The molecule has 0 spiro atoms. The van der Waals surface area contributed by atoms with Crippen LogP contribution in [-0.4, -0.2) is 72.0 Å². The Morgan fingerprint density at radius 2 is 1.81 bits per heavy atom. The largest absolute Gasteiger partial charge is 0.510 e. The zero-order valence-corrected chi connectivity index (χ0v) is 21.7. The van der Waals surface area contributed by atoms with Crippen LogP contribution in [-0.2, 0) is 14.3 Å². The van der Waals surface area contributed by atoms with E-state index in [1.165, 1.54) is 11.3 Å². The van der Waals surface area contributed by atoms with Gasteiger partial charge in [0.2, 0.25) is 5.91 Å². The highest BCUT2D eigenvalue weighted by atomic mass is 32.1. The summed E-state index contributed by atoms with van der Waals surface area (Å²) in [5.74, 6) is 1.55. The van der Waals surface area contributed by atoms with Crippen LogP contribution in [0.1, 0.15) is 32.6 Å². The van der Waals surface area contributed by atoms with Gasteiger partial charge in [0.15, 0.2) is 6.23 Å². The first kappa shape index (κ1) is 25.3. The summed E-state index contributed by atoms with van der Waals surface area (Å²) in [5.41, 5.74) is 0.934. The molecule has 2 aliphatic heterocycles. The first-order chi connectivity index (χ1) is 18.1. The van der Waals surface area contributed by atoms with Crippen molar-refractivity contribution in [3.63, 3.8) is 0 Å². The van der Waals surface area contributed by atoms with E-state index >= 15 is 0 Å². The molecule has 1 aromatic heterocycles. The smallest absolute Gasteiger partial charge is 0.492 e. The molecule has 0 N–H and O–H groups in total. The molecule has 196 valence electrons. The van der Waals surface area contributed by atoms with Crippen molar-refractivity contribution >= 4 is 33.6 Å². The number of ether oxygens (including phenoxy) is 4. The molecule has 1 atom stereocenters. The van der Waals surface area contributed by atoms with E-state index in [2.05, 4.69) is 9.88 Å². The van der Waals surface area contributed by atoms with Gasteiger partial charge in [0.25, 0.3) is 5.19 Å². The number of carbonyl (C=O) groups is 2. The van der Waals surface area contributed by atoms with Crippen molar-refractivity contribution in [1.82, 2.24) is 14.8 Å². The van der Waals surface area contributed by atoms with Crippen LogP contribution < -0.4 is 9.47 Å². The monoisotopic (exact) mass is 525 g/mol. The maximum atomic E-state index is 12.4. The van der Waals surface area contributed by atoms with Crippen LogP contribution >= 0.6 is 11.3 Å². The highest BCUT2D eigenvalue weighted by Gasteiger charge is 2.40. The van der Waals surface area contributed by atoms with Gasteiger partial charge in [0.05, 0.1) is 16.8 Å². The van der Waals surface area contributed by atoms with Crippen LogP contribution in [0.25, 0.3) is 10.2 Å². The van der Waals surface area contributed by atoms with Crippen LogP contribution in [0.4, 0.5) is 4.79 Å². The fourth-order valence-electron chi connectivity index (χ4n) is 4.81. The Balaban J connectivity index is 1.04. The molecule has 3 aromatic rings. The van der Waals surface area contributed by atoms with Gasteiger partial charge in [-0.25, -0.2) is 9.78 Å². The SMILES string of the molecule is CCOC(=O)OC1CCC(=O)N1C1CCN(CCOc2ccc(Oc3nc4ccccc4s3)cc2)CC1. The van der Waals surface area contributed by atoms with Crippen molar-refractivity contribution in [1.29, 1.82) is 0 Å². The van der Waals surface area contributed by atoms with Crippen molar-refractivity contribution in [2.24, 2.45) is 0 Å². The number of piperidine rings is 1. The first-order valence-electron chi connectivity index (χ1n) is 12.7. The van der Waals surface area contributed by atoms with Crippen molar-refractivity contribution in [2.45, 2.75) is 44.9 Å². The van der Waals surface area contributed by atoms with Gasteiger partial charge in [0.1, 0.15) is 18.1 Å².